The van der Waals surface area contributed by atoms with Gasteiger partial charge in [0.1, 0.15) is 11.5 Å². The number of nitrogens with zero attached hydrogens (tertiary/aromatic N) is 3. The van der Waals surface area contributed by atoms with Gasteiger partial charge in [0.25, 0.3) is 18.2 Å². The molecule has 2 amide bonds. The number of aliphatic hydroxyl groups excluding tert-OH is 1. The van der Waals surface area contributed by atoms with Gasteiger partial charge < -0.3 is 20.6 Å². The zero-order valence-corrected chi connectivity index (χ0v) is 21.2. The van der Waals surface area contributed by atoms with E-state index < -0.39 is 18.4 Å². The van der Waals surface area contributed by atoms with Crippen molar-refractivity contribution in [1.82, 2.24) is 20.2 Å². The molecule has 2 saturated carbocycles. The second-order valence-electron chi connectivity index (χ2n) is 10.5. The van der Waals surface area contributed by atoms with Crippen molar-refractivity contribution in [3.63, 3.8) is 0 Å². The molecule has 3 fully saturated rings. The van der Waals surface area contributed by atoms with Crippen LogP contribution in [0.25, 0.3) is 10.4 Å². The van der Waals surface area contributed by atoms with Crippen molar-refractivity contribution in [2.45, 2.75) is 88.9 Å². The van der Waals surface area contributed by atoms with Crippen LogP contribution >= 0.6 is 11.3 Å². The molecule has 3 N–H and O–H groups in total. The number of carbonyl (C=O) groups excluding carboxylic acids is 2. The van der Waals surface area contributed by atoms with E-state index in [1.165, 1.54) is 12.3 Å². The van der Waals surface area contributed by atoms with E-state index >= 15 is 0 Å². The van der Waals surface area contributed by atoms with Gasteiger partial charge in [-0.05, 0) is 64.9 Å². The number of alkyl halides is 2. The molecule has 0 spiro atoms. The first-order valence-corrected chi connectivity index (χ1v) is 13.3. The Balaban J connectivity index is 1.52. The Morgan fingerprint density at radius 3 is 2.61 bits per heavy atom. The van der Waals surface area contributed by atoms with E-state index in [1.54, 1.807) is 4.90 Å². The monoisotopic (exact) mass is 519 g/mol. The summed E-state index contributed by atoms with van der Waals surface area (Å²) in [5, 5.41) is 15.6. The van der Waals surface area contributed by atoms with Crippen LogP contribution in [0.4, 0.5) is 14.6 Å². The number of nitrogens with one attached hydrogen (secondary N) is 2. The summed E-state index contributed by atoms with van der Waals surface area (Å²) in [5.74, 6) is -0.480. The lowest BCUT2D eigenvalue weighted by molar-refractivity contribution is 0.0562. The minimum absolute atomic E-state index is 0.00269. The van der Waals surface area contributed by atoms with Crippen molar-refractivity contribution in [3.8, 4) is 10.4 Å². The SMILES string of the molecule is C[C@H]1CCCN1C(=O)c1nc(C(=O)NC2CC(O)C2)sc1-c1cnc(NC2(C)CCC2)cc1C(F)F. The highest BCUT2D eigenvalue weighted by Crippen LogP contribution is 2.40. The molecule has 36 heavy (non-hydrogen) atoms. The number of hydrogen-bond acceptors (Lipinski definition) is 7. The molecular formula is C25H31F2N5O3S. The van der Waals surface area contributed by atoms with E-state index in [1.807, 2.05) is 13.8 Å². The van der Waals surface area contributed by atoms with Gasteiger partial charge >= 0.3 is 0 Å². The lowest BCUT2D eigenvalue weighted by atomic mass is 9.78. The Hall–Kier alpha value is -2.66. The number of aliphatic hydroxyl groups is 1. The van der Waals surface area contributed by atoms with Crippen LogP contribution in [0, 0.1) is 0 Å². The highest BCUT2D eigenvalue weighted by Gasteiger charge is 2.35. The highest BCUT2D eigenvalue weighted by molar-refractivity contribution is 7.17. The molecule has 2 aliphatic carbocycles. The molecule has 0 aromatic carbocycles. The molecule has 1 atom stereocenters. The maximum atomic E-state index is 14.3. The van der Waals surface area contributed by atoms with Crippen molar-refractivity contribution in [1.29, 1.82) is 0 Å². The van der Waals surface area contributed by atoms with Crippen LogP contribution in [0.5, 0.6) is 0 Å². The summed E-state index contributed by atoms with van der Waals surface area (Å²) in [5.41, 5.74) is -0.300. The predicted octanol–water partition coefficient (Wildman–Crippen LogP) is 4.37. The molecule has 5 rings (SSSR count). The minimum Gasteiger partial charge on any atom is -0.393 e. The van der Waals surface area contributed by atoms with Gasteiger partial charge in [-0.25, -0.2) is 18.7 Å². The number of hydrogen-bond donors (Lipinski definition) is 3. The van der Waals surface area contributed by atoms with Gasteiger partial charge in [-0.3, -0.25) is 9.59 Å². The zero-order chi connectivity index (χ0) is 25.6. The molecule has 2 aromatic rings. The van der Waals surface area contributed by atoms with Crippen molar-refractivity contribution in [2.75, 3.05) is 11.9 Å². The number of halogens is 2. The Kier molecular flexibility index (Phi) is 6.71. The molecule has 8 nitrogen and oxygen atoms in total. The van der Waals surface area contributed by atoms with Crippen molar-refractivity contribution < 1.29 is 23.5 Å². The van der Waals surface area contributed by atoms with Gasteiger partial charge in [0, 0.05) is 41.5 Å². The fourth-order valence-electron chi connectivity index (χ4n) is 5.12. The van der Waals surface area contributed by atoms with Crippen molar-refractivity contribution in [2.24, 2.45) is 0 Å². The Morgan fingerprint density at radius 1 is 1.28 bits per heavy atom. The first-order chi connectivity index (χ1) is 17.1. The maximum absolute atomic E-state index is 14.3. The third-order valence-electron chi connectivity index (χ3n) is 7.59. The standard InChI is InChI=1S/C25H31F2N5O3S/c1-13-5-3-8-32(13)24(35)19-20(36-23(30-19)22(34)29-14-9-15(33)10-14)17-12-28-18(11-16(17)21(26)27)31-25(2)6-4-7-25/h11-15,21,33H,3-10H2,1-2H3,(H,28,31)(H,29,34)/t13-,14?,15?/m0/s1. The second-order valence-corrected chi connectivity index (χ2v) is 11.5. The molecular weight excluding hydrogens is 488 g/mol. The molecule has 2 aromatic heterocycles. The lowest BCUT2D eigenvalue weighted by Crippen LogP contribution is -2.46. The molecule has 0 bridgehead atoms. The van der Waals surface area contributed by atoms with Crippen LogP contribution in [0.3, 0.4) is 0 Å². The average Bonchev–Trinajstić information content (AvgIpc) is 3.43. The fourth-order valence-corrected chi connectivity index (χ4v) is 6.11. The quantitative estimate of drug-likeness (QED) is 0.501. The van der Waals surface area contributed by atoms with Gasteiger partial charge in [0.05, 0.1) is 11.0 Å². The van der Waals surface area contributed by atoms with Gasteiger partial charge in [0.2, 0.25) is 0 Å². The first-order valence-electron chi connectivity index (χ1n) is 12.5. The molecule has 0 unspecified atom stereocenters. The van der Waals surface area contributed by atoms with Gasteiger partial charge in [-0.2, -0.15) is 0 Å². The summed E-state index contributed by atoms with van der Waals surface area (Å²) in [7, 11) is 0. The van der Waals surface area contributed by atoms with E-state index in [9.17, 15) is 23.5 Å². The second kappa shape index (κ2) is 9.66. The summed E-state index contributed by atoms with van der Waals surface area (Å²) in [6.07, 6.45) is 3.69. The van der Waals surface area contributed by atoms with E-state index in [4.69, 9.17) is 0 Å². The third-order valence-corrected chi connectivity index (χ3v) is 8.68. The molecule has 0 radical (unpaired) electrons. The number of aromatic nitrogens is 2. The van der Waals surface area contributed by atoms with Crippen LogP contribution in [0.2, 0.25) is 0 Å². The van der Waals surface area contributed by atoms with Crippen molar-refractivity contribution in [3.05, 3.63) is 28.5 Å². The molecule has 1 saturated heterocycles. The Morgan fingerprint density at radius 2 is 2.03 bits per heavy atom. The summed E-state index contributed by atoms with van der Waals surface area (Å²) in [6.45, 7) is 4.54. The molecule has 194 valence electrons. The summed E-state index contributed by atoms with van der Waals surface area (Å²) < 4.78 is 28.6. The van der Waals surface area contributed by atoms with Crippen LogP contribution in [-0.2, 0) is 0 Å². The Bertz CT molecular complexity index is 1160. The van der Waals surface area contributed by atoms with Gasteiger partial charge in [0.15, 0.2) is 5.01 Å². The molecule has 11 heteroatoms. The average molecular weight is 520 g/mol. The number of thiazole rings is 1. The van der Waals surface area contributed by atoms with E-state index in [0.29, 0.717) is 25.2 Å². The van der Waals surface area contributed by atoms with Crippen LogP contribution in [-0.4, -0.2) is 62.1 Å². The van der Waals surface area contributed by atoms with Gasteiger partial charge in [-0.15, -0.1) is 11.3 Å². The number of anilines is 1. The summed E-state index contributed by atoms with van der Waals surface area (Å²) >= 11 is 0.926. The number of carbonyl (C=O) groups is 2. The number of rotatable bonds is 7. The molecule has 3 aliphatic rings. The lowest BCUT2D eigenvalue weighted by Gasteiger charge is -2.39. The van der Waals surface area contributed by atoms with E-state index in [0.717, 1.165) is 43.4 Å². The van der Waals surface area contributed by atoms with E-state index in [2.05, 4.69) is 20.6 Å². The van der Waals surface area contributed by atoms with Crippen LogP contribution in [0.1, 0.15) is 91.1 Å². The first kappa shape index (κ1) is 25.0. The fraction of sp³-hybridized carbons (Fsp3) is 0.600. The van der Waals surface area contributed by atoms with Crippen LogP contribution in [0.15, 0.2) is 12.3 Å². The third kappa shape index (κ3) is 4.82. The molecule has 1 aliphatic heterocycles. The normalized spacial score (nSPS) is 24.8. The molecule has 3 heterocycles. The number of likely N-dealkylation sites (tertiary alicyclic amines) is 1. The topological polar surface area (TPSA) is 107 Å². The Labute approximate surface area is 212 Å². The number of amides is 2. The van der Waals surface area contributed by atoms with Crippen molar-refractivity contribution >= 4 is 29.0 Å². The maximum Gasteiger partial charge on any atom is 0.280 e. The number of pyridine rings is 1. The predicted molar refractivity (Wildman–Crippen MR) is 132 cm³/mol. The van der Waals surface area contributed by atoms with E-state index in [-0.39, 0.29) is 50.2 Å². The largest absolute Gasteiger partial charge is 0.393 e. The zero-order valence-electron chi connectivity index (χ0n) is 20.4. The summed E-state index contributed by atoms with van der Waals surface area (Å²) in [4.78, 5) is 37.0. The summed E-state index contributed by atoms with van der Waals surface area (Å²) in [6, 6.07) is 1.17. The van der Waals surface area contributed by atoms with Crippen LogP contribution < -0.4 is 10.6 Å². The van der Waals surface area contributed by atoms with Gasteiger partial charge in [-0.1, -0.05) is 0 Å². The minimum atomic E-state index is -2.80. The smallest absolute Gasteiger partial charge is 0.280 e. The highest BCUT2D eigenvalue weighted by atomic mass is 32.1.